The van der Waals surface area contributed by atoms with Crippen LogP contribution in [-0.4, -0.2) is 25.8 Å². The Bertz CT molecular complexity index is 197. The molecule has 2 atom stereocenters. The van der Waals surface area contributed by atoms with Crippen LogP contribution in [0.2, 0.25) is 0 Å². The Hall–Kier alpha value is -0.0800. The van der Waals surface area contributed by atoms with Crippen molar-refractivity contribution in [3.63, 3.8) is 0 Å². The minimum absolute atomic E-state index is 0.502. The summed E-state index contributed by atoms with van der Waals surface area (Å²) in [6.45, 7) is 3.14. The van der Waals surface area contributed by atoms with Crippen LogP contribution in [0, 0.1) is 5.41 Å². The van der Waals surface area contributed by atoms with E-state index in [9.17, 15) is 0 Å². The number of hydrogen-bond donors (Lipinski definition) is 1. The van der Waals surface area contributed by atoms with Gasteiger partial charge >= 0.3 is 0 Å². The molecular weight excluding hydrogens is 186 g/mol. The molecule has 2 unspecified atom stereocenters. The Kier molecular flexibility index (Phi) is 3.68. The van der Waals surface area contributed by atoms with E-state index in [4.69, 9.17) is 4.74 Å². The molecule has 0 amide bonds. The first-order valence-corrected chi connectivity index (χ1v) is 6.62. The van der Waals surface area contributed by atoms with Gasteiger partial charge in [0.1, 0.15) is 0 Å². The topological polar surface area (TPSA) is 21.3 Å². The fraction of sp³-hybridized carbons (Fsp3) is 1.00. The minimum Gasteiger partial charge on any atom is -0.378 e. The van der Waals surface area contributed by atoms with Crippen LogP contribution in [0.5, 0.6) is 0 Å². The second-order valence-electron chi connectivity index (χ2n) is 5.23. The van der Waals surface area contributed by atoms with Crippen LogP contribution in [0.15, 0.2) is 0 Å². The van der Waals surface area contributed by atoms with Crippen molar-refractivity contribution in [2.75, 3.05) is 13.7 Å². The normalized spacial score (nSPS) is 34.0. The molecule has 88 valence electrons. The van der Waals surface area contributed by atoms with Crippen molar-refractivity contribution in [2.45, 2.75) is 64.0 Å². The molecule has 2 saturated carbocycles. The highest BCUT2D eigenvalue weighted by Crippen LogP contribution is 2.53. The van der Waals surface area contributed by atoms with Crippen molar-refractivity contribution < 1.29 is 4.74 Å². The van der Waals surface area contributed by atoms with Gasteiger partial charge in [-0.1, -0.05) is 26.2 Å². The molecule has 1 N–H and O–H groups in total. The fourth-order valence-electron chi connectivity index (χ4n) is 3.53. The Balaban J connectivity index is 1.95. The van der Waals surface area contributed by atoms with Gasteiger partial charge in [-0.05, 0) is 32.7 Å². The summed E-state index contributed by atoms with van der Waals surface area (Å²) >= 11 is 0. The van der Waals surface area contributed by atoms with Gasteiger partial charge < -0.3 is 10.1 Å². The summed E-state index contributed by atoms with van der Waals surface area (Å²) in [5.41, 5.74) is 0.502. The van der Waals surface area contributed by atoms with E-state index < -0.39 is 0 Å². The Morgan fingerprint density at radius 1 is 1.27 bits per heavy atom. The first-order chi connectivity index (χ1) is 7.33. The van der Waals surface area contributed by atoms with Gasteiger partial charge in [-0.2, -0.15) is 0 Å². The lowest BCUT2D eigenvalue weighted by molar-refractivity contribution is -0.150. The van der Waals surface area contributed by atoms with E-state index >= 15 is 0 Å². The van der Waals surface area contributed by atoms with Gasteiger partial charge in [0.2, 0.25) is 0 Å². The van der Waals surface area contributed by atoms with Gasteiger partial charge in [-0.25, -0.2) is 0 Å². The highest BCUT2D eigenvalue weighted by atomic mass is 16.5. The smallest absolute Gasteiger partial charge is 0.0661 e. The van der Waals surface area contributed by atoms with Crippen LogP contribution in [0.4, 0.5) is 0 Å². The lowest BCUT2D eigenvalue weighted by Gasteiger charge is -2.57. The summed E-state index contributed by atoms with van der Waals surface area (Å²) in [5, 5.41) is 3.49. The van der Waals surface area contributed by atoms with E-state index in [0.29, 0.717) is 11.5 Å². The summed E-state index contributed by atoms with van der Waals surface area (Å²) in [5.74, 6) is 0. The molecule has 2 rings (SSSR count). The molecule has 2 heteroatoms. The third-order valence-electron chi connectivity index (χ3n) is 4.44. The standard InChI is InChI=1S/C13H25NO/c1-3-9-15-12-10-11(14-2)13(12)7-5-4-6-8-13/h11-12,14H,3-10H2,1-2H3. The highest BCUT2D eigenvalue weighted by Gasteiger charge is 2.54. The predicted molar refractivity (Wildman–Crippen MR) is 63.0 cm³/mol. The summed E-state index contributed by atoms with van der Waals surface area (Å²) < 4.78 is 6.01. The maximum Gasteiger partial charge on any atom is 0.0661 e. The van der Waals surface area contributed by atoms with E-state index in [1.54, 1.807) is 0 Å². The number of hydrogen-bond acceptors (Lipinski definition) is 2. The van der Waals surface area contributed by atoms with Gasteiger partial charge in [-0.15, -0.1) is 0 Å². The van der Waals surface area contributed by atoms with Crippen LogP contribution >= 0.6 is 0 Å². The molecule has 0 aromatic heterocycles. The molecule has 2 fully saturated rings. The van der Waals surface area contributed by atoms with Gasteiger partial charge in [-0.3, -0.25) is 0 Å². The second-order valence-corrected chi connectivity index (χ2v) is 5.23. The van der Waals surface area contributed by atoms with Crippen molar-refractivity contribution >= 4 is 0 Å². The third-order valence-corrected chi connectivity index (χ3v) is 4.44. The van der Waals surface area contributed by atoms with E-state index in [1.165, 1.54) is 38.5 Å². The van der Waals surface area contributed by atoms with E-state index in [1.807, 2.05) is 0 Å². The summed E-state index contributed by atoms with van der Waals surface area (Å²) in [4.78, 5) is 0. The molecule has 1 spiro atoms. The third kappa shape index (κ3) is 1.94. The van der Waals surface area contributed by atoms with Crippen LogP contribution in [0.25, 0.3) is 0 Å². The quantitative estimate of drug-likeness (QED) is 0.772. The minimum atomic E-state index is 0.502. The van der Waals surface area contributed by atoms with E-state index in [-0.39, 0.29) is 0 Å². The molecule has 15 heavy (non-hydrogen) atoms. The summed E-state index contributed by atoms with van der Waals surface area (Å²) in [6.07, 6.45) is 9.94. The van der Waals surface area contributed by atoms with Gasteiger partial charge in [0.15, 0.2) is 0 Å². The zero-order chi connectivity index (χ0) is 10.7. The van der Waals surface area contributed by atoms with Gasteiger partial charge in [0.05, 0.1) is 6.10 Å². The van der Waals surface area contributed by atoms with Crippen LogP contribution in [0.3, 0.4) is 0 Å². The maximum absolute atomic E-state index is 6.01. The first kappa shape index (κ1) is 11.4. The largest absolute Gasteiger partial charge is 0.378 e. The first-order valence-electron chi connectivity index (χ1n) is 6.62. The molecule has 0 aromatic carbocycles. The molecule has 2 nitrogen and oxygen atoms in total. The highest BCUT2D eigenvalue weighted by molar-refractivity contribution is 5.08. The van der Waals surface area contributed by atoms with Crippen LogP contribution in [0.1, 0.15) is 51.9 Å². The molecule has 0 aliphatic heterocycles. The number of nitrogens with one attached hydrogen (secondary N) is 1. The van der Waals surface area contributed by atoms with Crippen molar-refractivity contribution in [2.24, 2.45) is 5.41 Å². The van der Waals surface area contributed by atoms with Gasteiger partial charge in [0, 0.05) is 18.1 Å². The lowest BCUT2D eigenvalue weighted by Crippen LogP contribution is -2.63. The molecule has 2 aliphatic rings. The zero-order valence-corrected chi connectivity index (χ0v) is 10.2. The molecular formula is C13H25NO. The van der Waals surface area contributed by atoms with Crippen molar-refractivity contribution in [3.05, 3.63) is 0 Å². The van der Waals surface area contributed by atoms with Crippen molar-refractivity contribution in [1.82, 2.24) is 5.32 Å². The number of ether oxygens (including phenoxy) is 1. The van der Waals surface area contributed by atoms with Crippen molar-refractivity contribution in [1.29, 1.82) is 0 Å². The molecule has 0 aromatic rings. The molecule has 0 bridgehead atoms. The molecule has 0 saturated heterocycles. The monoisotopic (exact) mass is 211 g/mol. The predicted octanol–water partition coefficient (Wildman–Crippen LogP) is 2.72. The van der Waals surface area contributed by atoms with Crippen LogP contribution in [-0.2, 0) is 4.74 Å². The average molecular weight is 211 g/mol. The van der Waals surface area contributed by atoms with Gasteiger partial charge in [0.25, 0.3) is 0 Å². The Morgan fingerprint density at radius 3 is 2.60 bits per heavy atom. The fourth-order valence-corrected chi connectivity index (χ4v) is 3.53. The lowest BCUT2D eigenvalue weighted by atomic mass is 9.55. The second kappa shape index (κ2) is 4.84. The average Bonchev–Trinajstić information content (AvgIpc) is 2.29. The molecule has 0 heterocycles. The summed E-state index contributed by atoms with van der Waals surface area (Å²) in [6, 6.07) is 0.722. The Morgan fingerprint density at radius 2 is 2.00 bits per heavy atom. The molecule has 2 aliphatic carbocycles. The van der Waals surface area contributed by atoms with E-state index in [2.05, 4.69) is 19.3 Å². The molecule has 0 radical (unpaired) electrons. The zero-order valence-electron chi connectivity index (χ0n) is 10.2. The maximum atomic E-state index is 6.01. The summed E-state index contributed by atoms with van der Waals surface area (Å²) in [7, 11) is 2.11. The van der Waals surface area contributed by atoms with E-state index in [0.717, 1.165) is 19.1 Å². The van der Waals surface area contributed by atoms with Crippen molar-refractivity contribution in [3.8, 4) is 0 Å². The SMILES string of the molecule is CCCOC1CC(NC)C12CCCCC2. The Labute approximate surface area is 93.8 Å². The number of rotatable bonds is 4. The van der Waals surface area contributed by atoms with Crippen LogP contribution < -0.4 is 5.32 Å².